The van der Waals surface area contributed by atoms with E-state index in [-0.39, 0.29) is 0 Å². The summed E-state index contributed by atoms with van der Waals surface area (Å²) in [5, 5.41) is 0. The summed E-state index contributed by atoms with van der Waals surface area (Å²) in [6, 6.07) is 0. The summed E-state index contributed by atoms with van der Waals surface area (Å²) in [5.41, 5.74) is 0. The fourth-order valence-corrected chi connectivity index (χ4v) is 4.08. The highest BCUT2D eigenvalue weighted by Gasteiger charge is 2.47. The van der Waals surface area contributed by atoms with Gasteiger partial charge in [0.25, 0.3) is 0 Å². The standard InChI is InChI=1S/C14H26/c1-4-5-6-7-12-8-13-9-14(12)11(3)10(13)2/h10-14H,4-9H2,1-3H3. The van der Waals surface area contributed by atoms with Gasteiger partial charge in [-0.3, -0.25) is 0 Å². The van der Waals surface area contributed by atoms with E-state index in [1.54, 1.807) is 12.8 Å². The zero-order valence-electron chi connectivity index (χ0n) is 10.1. The first-order valence-corrected chi connectivity index (χ1v) is 6.74. The van der Waals surface area contributed by atoms with Crippen molar-refractivity contribution in [1.29, 1.82) is 0 Å². The predicted octanol–water partition coefficient (Wildman–Crippen LogP) is 4.49. The van der Waals surface area contributed by atoms with Gasteiger partial charge < -0.3 is 0 Å². The molecule has 0 aliphatic heterocycles. The van der Waals surface area contributed by atoms with Crippen LogP contribution in [0.4, 0.5) is 0 Å². The summed E-state index contributed by atoms with van der Waals surface area (Å²) in [4.78, 5) is 0. The Morgan fingerprint density at radius 2 is 1.79 bits per heavy atom. The van der Waals surface area contributed by atoms with Crippen LogP contribution >= 0.6 is 0 Å². The molecule has 0 spiro atoms. The molecule has 5 unspecified atom stereocenters. The van der Waals surface area contributed by atoms with Gasteiger partial charge in [-0.2, -0.15) is 0 Å². The predicted molar refractivity (Wildman–Crippen MR) is 62.2 cm³/mol. The van der Waals surface area contributed by atoms with Crippen LogP contribution < -0.4 is 0 Å². The van der Waals surface area contributed by atoms with E-state index in [1.165, 1.54) is 25.7 Å². The van der Waals surface area contributed by atoms with E-state index >= 15 is 0 Å². The summed E-state index contributed by atoms with van der Waals surface area (Å²) in [5.74, 6) is 5.37. The minimum Gasteiger partial charge on any atom is -0.0654 e. The number of hydrogen-bond donors (Lipinski definition) is 0. The number of fused-ring (bicyclic) bond motifs is 2. The lowest BCUT2D eigenvalue weighted by Gasteiger charge is -2.31. The van der Waals surface area contributed by atoms with Crippen LogP contribution in [-0.2, 0) is 0 Å². The molecule has 0 aromatic rings. The fraction of sp³-hybridized carbons (Fsp3) is 1.00. The highest BCUT2D eigenvalue weighted by atomic mass is 14.5. The van der Waals surface area contributed by atoms with E-state index in [9.17, 15) is 0 Å². The van der Waals surface area contributed by atoms with Crippen LogP contribution in [-0.4, -0.2) is 0 Å². The maximum Gasteiger partial charge on any atom is -0.0355 e. The zero-order chi connectivity index (χ0) is 10.1. The van der Waals surface area contributed by atoms with Crippen molar-refractivity contribution >= 4 is 0 Å². The van der Waals surface area contributed by atoms with Crippen molar-refractivity contribution in [3.8, 4) is 0 Å². The Bertz CT molecular complexity index is 182. The molecule has 14 heavy (non-hydrogen) atoms. The van der Waals surface area contributed by atoms with Crippen LogP contribution in [0.25, 0.3) is 0 Å². The average Bonchev–Trinajstić information content (AvgIpc) is 2.69. The molecule has 2 aliphatic rings. The third kappa shape index (κ3) is 1.73. The molecular formula is C14H26. The summed E-state index contributed by atoms with van der Waals surface area (Å²) in [6.45, 7) is 7.30. The fourth-order valence-electron chi connectivity index (χ4n) is 4.08. The Kier molecular flexibility index (Phi) is 3.19. The first-order valence-electron chi connectivity index (χ1n) is 6.74. The van der Waals surface area contributed by atoms with E-state index in [0.717, 1.165) is 29.6 Å². The molecule has 2 fully saturated rings. The second-order valence-corrected chi connectivity index (χ2v) is 5.87. The molecular weight excluding hydrogens is 168 g/mol. The van der Waals surface area contributed by atoms with Gasteiger partial charge in [0.1, 0.15) is 0 Å². The lowest BCUT2D eigenvalue weighted by Crippen LogP contribution is -2.24. The van der Waals surface area contributed by atoms with Gasteiger partial charge >= 0.3 is 0 Å². The van der Waals surface area contributed by atoms with Crippen molar-refractivity contribution in [2.24, 2.45) is 29.6 Å². The first kappa shape index (κ1) is 10.5. The van der Waals surface area contributed by atoms with E-state index in [0.29, 0.717) is 0 Å². The molecule has 82 valence electrons. The SMILES string of the molecule is CCCCCC1CC2CC1C(C)C2C. The lowest BCUT2D eigenvalue weighted by molar-refractivity contribution is 0.179. The van der Waals surface area contributed by atoms with Gasteiger partial charge in [-0.1, -0.05) is 46.5 Å². The van der Waals surface area contributed by atoms with Crippen LogP contribution in [0.3, 0.4) is 0 Å². The highest BCUT2D eigenvalue weighted by Crippen LogP contribution is 2.56. The average molecular weight is 194 g/mol. The van der Waals surface area contributed by atoms with Crippen LogP contribution in [0, 0.1) is 29.6 Å². The first-order chi connectivity index (χ1) is 6.74. The molecule has 0 aromatic heterocycles. The van der Waals surface area contributed by atoms with E-state index in [4.69, 9.17) is 0 Å². The molecule has 0 heteroatoms. The Morgan fingerprint density at radius 3 is 2.36 bits per heavy atom. The van der Waals surface area contributed by atoms with Crippen LogP contribution in [0.15, 0.2) is 0 Å². The smallest absolute Gasteiger partial charge is 0.0355 e. The molecule has 0 amide bonds. The molecule has 0 nitrogen and oxygen atoms in total. The van der Waals surface area contributed by atoms with Crippen LogP contribution in [0.5, 0.6) is 0 Å². The molecule has 0 aromatic carbocycles. The minimum absolute atomic E-state index is 1.03. The number of hydrogen-bond acceptors (Lipinski definition) is 0. The molecule has 2 aliphatic carbocycles. The van der Waals surface area contributed by atoms with E-state index in [1.807, 2.05) is 0 Å². The molecule has 0 heterocycles. The Labute approximate surface area is 89.5 Å². The zero-order valence-corrected chi connectivity index (χ0v) is 10.1. The molecule has 2 bridgehead atoms. The highest BCUT2D eigenvalue weighted by molar-refractivity contribution is 4.97. The maximum absolute atomic E-state index is 2.50. The van der Waals surface area contributed by atoms with Crippen molar-refractivity contribution in [1.82, 2.24) is 0 Å². The van der Waals surface area contributed by atoms with Gasteiger partial charge in [-0.05, 0) is 42.4 Å². The van der Waals surface area contributed by atoms with Crippen LogP contribution in [0.1, 0.15) is 59.3 Å². The number of rotatable bonds is 4. The molecule has 0 saturated heterocycles. The summed E-state index contributed by atoms with van der Waals surface area (Å²) < 4.78 is 0. The van der Waals surface area contributed by atoms with Gasteiger partial charge in [0.05, 0.1) is 0 Å². The second kappa shape index (κ2) is 4.24. The van der Waals surface area contributed by atoms with Crippen molar-refractivity contribution < 1.29 is 0 Å². The Morgan fingerprint density at radius 1 is 1.00 bits per heavy atom. The van der Waals surface area contributed by atoms with Gasteiger partial charge in [0, 0.05) is 0 Å². The second-order valence-electron chi connectivity index (χ2n) is 5.87. The lowest BCUT2D eigenvalue weighted by atomic mass is 9.74. The molecule has 2 rings (SSSR count). The normalized spacial score (nSPS) is 46.1. The van der Waals surface area contributed by atoms with Crippen molar-refractivity contribution in [3.05, 3.63) is 0 Å². The summed E-state index contributed by atoms with van der Waals surface area (Å²) in [6.07, 6.45) is 9.00. The topological polar surface area (TPSA) is 0 Å². The van der Waals surface area contributed by atoms with Crippen molar-refractivity contribution in [2.75, 3.05) is 0 Å². The maximum atomic E-state index is 2.50. The Hall–Kier alpha value is 0. The third-order valence-electron chi connectivity index (χ3n) is 5.21. The van der Waals surface area contributed by atoms with Crippen molar-refractivity contribution in [2.45, 2.75) is 59.3 Å². The quantitative estimate of drug-likeness (QED) is 0.578. The Balaban J connectivity index is 1.81. The summed E-state index contributed by atoms with van der Waals surface area (Å²) >= 11 is 0. The summed E-state index contributed by atoms with van der Waals surface area (Å²) in [7, 11) is 0. The van der Waals surface area contributed by atoms with Gasteiger partial charge in [0.2, 0.25) is 0 Å². The van der Waals surface area contributed by atoms with Crippen molar-refractivity contribution in [3.63, 3.8) is 0 Å². The number of unbranched alkanes of at least 4 members (excludes halogenated alkanes) is 2. The monoisotopic (exact) mass is 194 g/mol. The van der Waals surface area contributed by atoms with Crippen LogP contribution in [0.2, 0.25) is 0 Å². The molecule has 5 atom stereocenters. The molecule has 2 saturated carbocycles. The van der Waals surface area contributed by atoms with Gasteiger partial charge in [-0.15, -0.1) is 0 Å². The van der Waals surface area contributed by atoms with Gasteiger partial charge in [-0.25, -0.2) is 0 Å². The third-order valence-corrected chi connectivity index (χ3v) is 5.21. The van der Waals surface area contributed by atoms with E-state index < -0.39 is 0 Å². The largest absolute Gasteiger partial charge is 0.0654 e. The van der Waals surface area contributed by atoms with E-state index in [2.05, 4.69) is 20.8 Å². The minimum atomic E-state index is 1.03. The molecule has 0 N–H and O–H groups in total. The van der Waals surface area contributed by atoms with Gasteiger partial charge in [0.15, 0.2) is 0 Å². The molecule has 0 radical (unpaired) electrons.